The van der Waals surface area contributed by atoms with Gasteiger partial charge in [0.25, 0.3) is 0 Å². The van der Waals surface area contributed by atoms with Gasteiger partial charge < -0.3 is 15.2 Å². The number of rotatable bonds is 9. The highest BCUT2D eigenvalue weighted by Gasteiger charge is 2.06. The third-order valence-corrected chi connectivity index (χ3v) is 3.63. The Morgan fingerprint density at radius 3 is 2.95 bits per heavy atom. The summed E-state index contributed by atoms with van der Waals surface area (Å²) in [6.07, 6.45) is 0.215. The Bertz CT molecular complexity index is 417. The molecular formula is C14H20FNO3S. The molecule has 1 unspecified atom stereocenters. The van der Waals surface area contributed by atoms with E-state index in [0.29, 0.717) is 30.0 Å². The van der Waals surface area contributed by atoms with E-state index in [9.17, 15) is 14.3 Å². The van der Waals surface area contributed by atoms with Gasteiger partial charge in [-0.2, -0.15) is 0 Å². The zero-order valence-corrected chi connectivity index (χ0v) is 12.3. The molecule has 0 saturated heterocycles. The number of carbonyl (C=O) groups is 1. The van der Waals surface area contributed by atoms with Crippen LogP contribution in [0.25, 0.3) is 0 Å². The zero-order chi connectivity index (χ0) is 14.8. The van der Waals surface area contributed by atoms with E-state index in [-0.39, 0.29) is 18.3 Å². The summed E-state index contributed by atoms with van der Waals surface area (Å²) in [7, 11) is 1.52. The van der Waals surface area contributed by atoms with Crippen molar-refractivity contribution in [2.75, 3.05) is 26.0 Å². The van der Waals surface area contributed by atoms with Gasteiger partial charge in [-0.15, -0.1) is 11.8 Å². The van der Waals surface area contributed by atoms with Gasteiger partial charge in [0, 0.05) is 30.7 Å². The number of aliphatic hydroxyl groups is 1. The Balaban J connectivity index is 2.13. The number of hydrogen-bond acceptors (Lipinski definition) is 4. The molecule has 1 atom stereocenters. The van der Waals surface area contributed by atoms with Crippen molar-refractivity contribution in [3.63, 3.8) is 0 Å². The Morgan fingerprint density at radius 1 is 1.50 bits per heavy atom. The quantitative estimate of drug-likeness (QED) is 0.683. The highest BCUT2D eigenvalue weighted by molar-refractivity contribution is 7.99. The number of benzene rings is 1. The molecule has 0 aromatic heterocycles. The number of methoxy groups -OCH3 is 1. The van der Waals surface area contributed by atoms with E-state index in [0.717, 1.165) is 0 Å². The van der Waals surface area contributed by atoms with Gasteiger partial charge in [-0.25, -0.2) is 4.39 Å². The molecule has 0 saturated carbocycles. The van der Waals surface area contributed by atoms with E-state index < -0.39 is 6.10 Å². The lowest BCUT2D eigenvalue weighted by molar-refractivity contribution is -0.120. The van der Waals surface area contributed by atoms with Gasteiger partial charge >= 0.3 is 0 Å². The van der Waals surface area contributed by atoms with Gasteiger partial charge in [0.1, 0.15) is 5.82 Å². The highest BCUT2D eigenvalue weighted by atomic mass is 32.2. The van der Waals surface area contributed by atoms with Crippen LogP contribution in [0, 0.1) is 5.82 Å². The summed E-state index contributed by atoms with van der Waals surface area (Å²) in [5, 5.41) is 12.1. The molecule has 2 N–H and O–H groups in total. The summed E-state index contributed by atoms with van der Waals surface area (Å²) in [5.74, 6) is 0.159. The molecule has 1 rings (SSSR count). The maximum atomic E-state index is 13.3. The summed E-state index contributed by atoms with van der Waals surface area (Å²) < 4.78 is 18.1. The lowest BCUT2D eigenvalue weighted by atomic mass is 10.2. The summed E-state index contributed by atoms with van der Waals surface area (Å²) in [5.41, 5.74) is 0. The van der Waals surface area contributed by atoms with Gasteiger partial charge in [0.05, 0.1) is 12.7 Å². The van der Waals surface area contributed by atoms with E-state index in [1.54, 1.807) is 18.2 Å². The summed E-state index contributed by atoms with van der Waals surface area (Å²) in [4.78, 5) is 12.1. The van der Waals surface area contributed by atoms with Gasteiger partial charge in [-0.1, -0.05) is 12.1 Å². The number of aliphatic hydroxyl groups excluding tert-OH is 1. The van der Waals surface area contributed by atoms with Crippen molar-refractivity contribution in [3.05, 3.63) is 30.1 Å². The number of ether oxygens (including phenoxy) is 1. The minimum atomic E-state index is -0.562. The molecule has 1 amide bonds. The van der Waals surface area contributed by atoms with E-state index >= 15 is 0 Å². The first-order chi connectivity index (χ1) is 9.63. The van der Waals surface area contributed by atoms with E-state index in [2.05, 4.69) is 5.32 Å². The minimum absolute atomic E-state index is 0.0987. The molecule has 0 fully saturated rings. The van der Waals surface area contributed by atoms with Crippen LogP contribution in [0.15, 0.2) is 29.2 Å². The van der Waals surface area contributed by atoms with Gasteiger partial charge in [-0.05, 0) is 18.6 Å². The molecule has 0 heterocycles. The molecule has 0 aliphatic heterocycles. The van der Waals surface area contributed by atoms with E-state index in [4.69, 9.17) is 4.74 Å². The van der Waals surface area contributed by atoms with Crippen LogP contribution in [-0.2, 0) is 9.53 Å². The predicted molar refractivity (Wildman–Crippen MR) is 77.3 cm³/mol. The summed E-state index contributed by atoms with van der Waals surface area (Å²) >= 11 is 1.32. The first-order valence-electron chi connectivity index (χ1n) is 6.44. The summed E-state index contributed by atoms with van der Waals surface area (Å²) in [6, 6.07) is 6.50. The van der Waals surface area contributed by atoms with Crippen LogP contribution in [0.2, 0.25) is 0 Å². The average Bonchev–Trinajstić information content (AvgIpc) is 2.41. The van der Waals surface area contributed by atoms with Crippen LogP contribution < -0.4 is 5.32 Å². The second-order valence-corrected chi connectivity index (χ2v) is 5.41. The van der Waals surface area contributed by atoms with Crippen LogP contribution in [-0.4, -0.2) is 43.1 Å². The number of nitrogens with one attached hydrogen (secondary N) is 1. The third-order valence-electron chi connectivity index (χ3n) is 2.58. The van der Waals surface area contributed by atoms with Crippen molar-refractivity contribution in [3.8, 4) is 0 Å². The fourth-order valence-electron chi connectivity index (χ4n) is 1.56. The number of thioether (sulfide) groups is 1. The van der Waals surface area contributed by atoms with Crippen LogP contribution >= 0.6 is 11.8 Å². The van der Waals surface area contributed by atoms with Gasteiger partial charge in [-0.3, -0.25) is 4.79 Å². The summed E-state index contributed by atoms with van der Waals surface area (Å²) in [6.45, 7) is 0.673. The smallest absolute Gasteiger partial charge is 0.220 e. The van der Waals surface area contributed by atoms with E-state index in [1.807, 2.05) is 0 Å². The average molecular weight is 301 g/mol. The second-order valence-electron chi connectivity index (χ2n) is 4.28. The second kappa shape index (κ2) is 9.74. The Hall–Kier alpha value is -1.11. The largest absolute Gasteiger partial charge is 0.391 e. The molecule has 0 radical (unpaired) electrons. The highest BCUT2D eigenvalue weighted by Crippen LogP contribution is 2.21. The van der Waals surface area contributed by atoms with Crippen molar-refractivity contribution in [2.24, 2.45) is 0 Å². The normalized spacial score (nSPS) is 12.2. The maximum absolute atomic E-state index is 13.3. The number of carbonyl (C=O) groups excluding carboxylic acids is 1. The lowest BCUT2D eigenvalue weighted by Gasteiger charge is -2.10. The van der Waals surface area contributed by atoms with Crippen LogP contribution in [0.4, 0.5) is 4.39 Å². The van der Waals surface area contributed by atoms with Crippen LogP contribution in [0.5, 0.6) is 0 Å². The topological polar surface area (TPSA) is 58.6 Å². The molecular weight excluding hydrogens is 281 g/mol. The minimum Gasteiger partial charge on any atom is -0.391 e. The predicted octanol–water partition coefficient (Wildman–Crippen LogP) is 1.82. The lowest BCUT2D eigenvalue weighted by Crippen LogP contribution is -2.28. The molecule has 112 valence electrons. The molecule has 0 aliphatic rings. The molecule has 6 heteroatoms. The van der Waals surface area contributed by atoms with E-state index in [1.165, 1.54) is 24.9 Å². The molecule has 20 heavy (non-hydrogen) atoms. The molecule has 1 aromatic rings. The molecule has 1 aromatic carbocycles. The fourth-order valence-corrected chi connectivity index (χ4v) is 2.45. The molecule has 4 nitrogen and oxygen atoms in total. The Kier molecular flexibility index (Phi) is 8.25. The Morgan fingerprint density at radius 2 is 2.25 bits per heavy atom. The number of amides is 1. The third kappa shape index (κ3) is 6.88. The van der Waals surface area contributed by atoms with Crippen LogP contribution in [0.3, 0.4) is 0 Å². The van der Waals surface area contributed by atoms with Crippen molar-refractivity contribution < 1.29 is 19.0 Å². The van der Waals surface area contributed by atoms with Gasteiger partial charge in [0.2, 0.25) is 5.91 Å². The monoisotopic (exact) mass is 301 g/mol. The SMILES string of the molecule is COCC(O)CCNC(=O)CCSc1ccccc1F. The standard InChI is InChI=1S/C14H20FNO3S/c1-19-10-11(17)6-8-16-14(18)7-9-20-13-5-3-2-4-12(13)15/h2-5,11,17H,6-10H2,1H3,(H,16,18). The maximum Gasteiger partial charge on any atom is 0.220 e. The van der Waals surface area contributed by atoms with Gasteiger partial charge in [0.15, 0.2) is 0 Å². The molecule has 0 spiro atoms. The first-order valence-corrected chi connectivity index (χ1v) is 7.43. The Labute approximate surface area is 122 Å². The fraction of sp³-hybridized carbons (Fsp3) is 0.500. The first kappa shape index (κ1) is 16.9. The van der Waals surface area contributed by atoms with Crippen molar-refractivity contribution in [1.29, 1.82) is 0 Å². The van der Waals surface area contributed by atoms with Crippen molar-refractivity contribution in [1.82, 2.24) is 5.32 Å². The molecule has 0 aliphatic carbocycles. The number of hydrogen-bond donors (Lipinski definition) is 2. The van der Waals surface area contributed by atoms with Crippen molar-refractivity contribution in [2.45, 2.75) is 23.8 Å². The number of halogens is 1. The molecule has 0 bridgehead atoms. The van der Waals surface area contributed by atoms with Crippen LogP contribution in [0.1, 0.15) is 12.8 Å². The van der Waals surface area contributed by atoms with Crippen molar-refractivity contribution >= 4 is 17.7 Å². The zero-order valence-electron chi connectivity index (χ0n) is 11.5.